The molecule has 1 atom stereocenters. The monoisotopic (exact) mass is 778 g/mol. The van der Waals surface area contributed by atoms with Crippen molar-refractivity contribution < 1.29 is 4.39 Å². The third kappa shape index (κ3) is 5.00. The van der Waals surface area contributed by atoms with Crippen LogP contribution in [-0.4, -0.2) is 15.8 Å². The average Bonchev–Trinajstić information content (AvgIpc) is 3.77. The Labute approximate surface area is 352 Å². The average molecular weight is 779 g/mol. The van der Waals surface area contributed by atoms with E-state index in [0.717, 1.165) is 30.4 Å². The molecule has 0 radical (unpaired) electrons. The van der Waals surface area contributed by atoms with Gasteiger partial charge in [0.25, 0.3) is 6.71 Å². The van der Waals surface area contributed by atoms with Crippen LogP contribution in [0.5, 0.6) is 0 Å². The van der Waals surface area contributed by atoms with Crippen LogP contribution in [0.15, 0.2) is 145 Å². The lowest BCUT2D eigenvalue weighted by Gasteiger charge is -2.41. The summed E-state index contributed by atoms with van der Waals surface area (Å²) in [6.45, 7) is 14.1. The van der Waals surface area contributed by atoms with Crippen LogP contribution in [0, 0.1) is 11.7 Å². The number of halogens is 1. The molecule has 6 aromatic carbocycles. The summed E-state index contributed by atoms with van der Waals surface area (Å²) in [5.74, 6) is 0.113. The molecule has 0 spiro atoms. The minimum absolute atomic E-state index is 0.00330. The van der Waals surface area contributed by atoms with Crippen LogP contribution in [-0.2, 0) is 17.3 Å². The number of fused-ring (bicyclic) bond motifs is 8. The van der Waals surface area contributed by atoms with E-state index in [1.54, 1.807) is 17.7 Å². The fourth-order valence-electron chi connectivity index (χ4n) is 11.3. The molecular weight excluding hydrogens is 730 g/mol. The Morgan fingerprint density at radius 1 is 0.617 bits per heavy atom. The molecule has 8 aromatic rings. The Kier molecular flexibility index (Phi) is 7.43. The highest BCUT2D eigenvalue weighted by Gasteiger charge is 2.48. The molecule has 4 heterocycles. The second-order valence-corrected chi connectivity index (χ2v) is 19.7. The lowest BCUT2D eigenvalue weighted by atomic mass is 9.31. The van der Waals surface area contributed by atoms with E-state index in [4.69, 9.17) is 0 Å². The van der Waals surface area contributed by atoms with E-state index in [1.807, 2.05) is 6.07 Å². The Balaban J connectivity index is 1.32. The van der Waals surface area contributed by atoms with Crippen LogP contribution in [0.4, 0.5) is 4.39 Å². The van der Waals surface area contributed by atoms with E-state index >= 15 is 4.39 Å². The summed E-state index contributed by atoms with van der Waals surface area (Å²) < 4.78 is 20.5. The van der Waals surface area contributed by atoms with Crippen molar-refractivity contribution in [3.63, 3.8) is 0 Å². The van der Waals surface area contributed by atoms with Crippen molar-refractivity contribution >= 4 is 44.9 Å². The normalized spacial score (nSPS) is 16.4. The van der Waals surface area contributed by atoms with E-state index in [1.165, 1.54) is 94.3 Å². The highest BCUT2D eigenvalue weighted by atomic mass is 19.1. The first-order valence-corrected chi connectivity index (χ1v) is 21.8. The van der Waals surface area contributed by atoms with Gasteiger partial charge in [0.2, 0.25) is 0 Å². The van der Waals surface area contributed by atoms with Gasteiger partial charge in [-0.25, -0.2) is 4.39 Å². The molecule has 4 heteroatoms. The summed E-state index contributed by atoms with van der Waals surface area (Å²) in [5, 5.41) is 2.62. The van der Waals surface area contributed by atoms with Crippen molar-refractivity contribution in [2.24, 2.45) is 5.92 Å². The number of aromatic nitrogens is 2. The summed E-state index contributed by atoms with van der Waals surface area (Å²) in [6, 6.07) is 46.3. The standard InChI is InChI=1S/C56H48BFN2/c1-55(2,3)38-24-25-46-42(30-38)43-31-39(56(4,5)6)32-45-53(43)59(46)47-28-37(35-21-15-22-40(58)26-35)29-48-51(47)57(45)50-41-23-14-13-20-36(41)27-44-49(33-16-9-7-10-17-33)52(60(48)54(44)50)34-18-11-8-12-19-34/h7-13,15-22,24-26,28-32,36H,14,23,27H2,1-6H3. The SMILES string of the molecule is CC(C)(C)c1ccc2c(c1)c1cc(C(C)(C)C)cc3c1n2-c1cc(-c2cccc(F)c2)cc2c1B3C1=C3CCC=CC3Cc3c(-c4ccccc4)c(-c4ccccc4)n-2c31. The molecule has 2 aliphatic carbocycles. The minimum atomic E-state index is -0.224. The van der Waals surface area contributed by atoms with E-state index in [9.17, 15) is 0 Å². The molecule has 12 rings (SSSR count). The van der Waals surface area contributed by atoms with Crippen LogP contribution in [0.25, 0.3) is 72.2 Å². The smallest absolute Gasteiger partial charge is 0.252 e. The van der Waals surface area contributed by atoms with E-state index in [2.05, 4.69) is 172 Å². The highest BCUT2D eigenvalue weighted by Crippen LogP contribution is 2.54. The summed E-state index contributed by atoms with van der Waals surface area (Å²) >= 11 is 0. The number of hydrogen-bond donors (Lipinski definition) is 0. The van der Waals surface area contributed by atoms with Crippen molar-refractivity contribution in [2.75, 3.05) is 0 Å². The van der Waals surface area contributed by atoms with Crippen molar-refractivity contribution in [3.05, 3.63) is 173 Å². The van der Waals surface area contributed by atoms with Crippen LogP contribution < -0.4 is 10.9 Å². The molecule has 0 saturated carbocycles. The van der Waals surface area contributed by atoms with Gasteiger partial charge >= 0.3 is 0 Å². The second kappa shape index (κ2) is 12.5. The molecule has 2 aromatic heterocycles. The third-order valence-corrected chi connectivity index (χ3v) is 14.1. The van der Waals surface area contributed by atoms with E-state index in [0.29, 0.717) is 5.92 Å². The van der Waals surface area contributed by atoms with Gasteiger partial charge in [-0.15, -0.1) is 0 Å². The molecule has 0 N–H and O–H groups in total. The number of rotatable bonds is 3. The van der Waals surface area contributed by atoms with Gasteiger partial charge in [0, 0.05) is 44.8 Å². The summed E-state index contributed by atoms with van der Waals surface area (Å²) in [5.41, 5.74) is 23.1. The Bertz CT molecular complexity index is 3200. The largest absolute Gasteiger partial charge is 0.310 e. The van der Waals surface area contributed by atoms with Crippen LogP contribution in [0.3, 0.4) is 0 Å². The summed E-state index contributed by atoms with van der Waals surface area (Å²) in [7, 11) is 0. The van der Waals surface area contributed by atoms with Gasteiger partial charge < -0.3 is 9.13 Å². The van der Waals surface area contributed by atoms with Gasteiger partial charge in [0.05, 0.1) is 11.2 Å². The van der Waals surface area contributed by atoms with Gasteiger partial charge in [-0.2, -0.15) is 0 Å². The Hall–Kier alpha value is -6.13. The quantitative estimate of drug-likeness (QED) is 0.125. The minimum Gasteiger partial charge on any atom is -0.310 e. The summed E-state index contributed by atoms with van der Waals surface area (Å²) in [6.07, 6.45) is 8.02. The first kappa shape index (κ1) is 35.8. The van der Waals surface area contributed by atoms with Gasteiger partial charge in [-0.05, 0) is 128 Å². The Morgan fingerprint density at radius 2 is 1.30 bits per heavy atom. The van der Waals surface area contributed by atoms with E-state index < -0.39 is 0 Å². The Morgan fingerprint density at radius 3 is 2.02 bits per heavy atom. The van der Waals surface area contributed by atoms with Crippen molar-refractivity contribution in [3.8, 4) is 44.9 Å². The topological polar surface area (TPSA) is 9.86 Å². The maximum Gasteiger partial charge on any atom is 0.252 e. The number of allylic oxidation sites excluding steroid dienone is 3. The summed E-state index contributed by atoms with van der Waals surface area (Å²) in [4.78, 5) is 0. The molecule has 0 bridgehead atoms. The molecule has 292 valence electrons. The van der Waals surface area contributed by atoms with Gasteiger partial charge in [0.15, 0.2) is 0 Å². The lowest BCUT2D eigenvalue weighted by Crippen LogP contribution is -2.54. The predicted molar refractivity (Wildman–Crippen MR) is 251 cm³/mol. The van der Waals surface area contributed by atoms with Crippen LogP contribution in [0.1, 0.15) is 76.8 Å². The number of nitrogens with zero attached hydrogens (tertiary/aromatic N) is 2. The molecular formula is C56H48BFN2. The van der Waals surface area contributed by atoms with Gasteiger partial charge in [-0.1, -0.05) is 144 Å². The van der Waals surface area contributed by atoms with Crippen molar-refractivity contribution in [2.45, 2.75) is 71.6 Å². The van der Waals surface area contributed by atoms with Crippen molar-refractivity contribution in [1.82, 2.24) is 9.13 Å². The molecule has 2 nitrogen and oxygen atoms in total. The van der Waals surface area contributed by atoms with Crippen molar-refractivity contribution in [1.29, 1.82) is 0 Å². The third-order valence-electron chi connectivity index (χ3n) is 14.1. The molecule has 0 amide bonds. The predicted octanol–water partition coefficient (Wildman–Crippen LogP) is 13.1. The first-order valence-electron chi connectivity index (χ1n) is 21.8. The molecule has 0 saturated heterocycles. The maximum absolute atomic E-state index is 15.3. The molecule has 2 aliphatic heterocycles. The van der Waals surface area contributed by atoms with Gasteiger partial charge in [-0.3, -0.25) is 0 Å². The van der Waals surface area contributed by atoms with Crippen LogP contribution in [0.2, 0.25) is 0 Å². The molecule has 0 fully saturated rings. The fraction of sp³-hybridized carbons (Fsp3) is 0.214. The van der Waals surface area contributed by atoms with E-state index in [-0.39, 0.29) is 23.4 Å². The number of benzene rings is 6. The molecule has 4 aliphatic rings. The molecule has 1 unspecified atom stereocenters. The second-order valence-electron chi connectivity index (χ2n) is 19.7. The van der Waals surface area contributed by atoms with Crippen LogP contribution >= 0.6 is 0 Å². The number of hydrogen-bond acceptors (Lipinski definition) is 0. The zero-order valence-corrected chi connectivity index (χ0v) is 35.3. The first-order chi connectivity index (χ1) is 29.0. The lowest BCUT2D eigenvalue weighted by molar-refractivity contribution is 0.590. The maximum atomic E-state index is 15.3. The zero-order valence-electron chi connectivity index (χ0n) is 35.3. The zero-order chi connectivity index (χ0) is 40.8. The fourth-order valence-corrected chi connectivity index (χ4v) is 11.3. The molecule has 60 heavy (non-hydrogen) atoms. The van der Waals surface area contributed by atoms with Gasteiger partial charge in [0.1, 0.15) is 5.82 Å². The highest BCUT2D eigenvalue weighted by molar-refractivity contribution is 7.03.